The smallest absolute Gasteiger partial charge is 0.262 e. The van der Waals surface area contributed by atoms with Gasteiger partial charge in [-0.3, -0.25) is 9.36 Å². The molecule has 0 aliphatic heterocycles. The van der Waals surface area contributed by atoms with Gasteiger partial charge in [-0.1, -0.05) is 59.4 Å². The molecule has 0 radical (unpaired) electrons. The van der Waals surface area contributed by atoms with Crippen LogP contribution < -0.4 is 5.56 Å². The van der Waals surface area contributed by atoms with Gasteiger partial charge in [-0.2, -0.15) is 4.98 Å². The number of hydrogen-bond acceptors (Lipinski definition) is 7. The van der Waals surface area contributed by atoms with Crippen LogP contribution in [0.2, 0.25) is 0 Å². The Bertz CT molecular complexity index is 1220. The number of ether oxygens (including phenoxy) is 1. The van der Waals surface area contributed by atoms with E-state index >= 15 is 0 Å². The van der Waals surface area contributed by atoms with E-state index in [1.807, 2.05) is 68.4 Å². The molecule has 32 heavy (non-hydrogen) atoms. The molecule has 0 saturated carbocycles. The average molecular weight is 451 g/mol. The molecule has 4 rings (SSSR count). The Kier molecular flexibility index (Phi) is 7.34. The number of benzene rings is 2. The summed E-state index contributed by atoms with van der Waals surface area (Å²) in [6, 6.07) is 17.4. The van der Waals surface area contributed by atoms with Crippen LogP contribution in [0.1, 0.15) is 37.5 Å². The highest BCUT2D eigenvalue weighted by molar-refractivity contribution is 7.98. The quantitative estimate of drug-likeness (QED) is 0.200. The lowest BCUT2D eigenvalue weighted by molar-refractivity contribution is 0.0743. The molecule has 166 valence electrons. The van der Waals surface area contributed by atoms with E-state index in [1.165, 1.54) is 11.8 Å². The van der Waals surface area contributed by atoms with Gasteiger partial charge in [-0.25, -0.2) is 4.98 Å². The maximum atomic E-state index is 13.1. The molecule has 2 aromatic carbocycles. The van der Waals surface area contributed by atoms with Crippen LogP contribution in [0.3, 0.4) is 0 Å². The van der Waals surface area contributed by atoms with Gasteiger partial charge in [0.1, 0.15) is 0 Å². The minimum absolute atomic E-state index is 0.0436. The molecule has 8 heteroatoms. The molecule has 0 fully saturated rings. The van der Waals surface area contributed by atoms with E-state index in [-0.39, 0.29) is 11.7 Å². The van der Waals surface area contributed by atoms with Crippen LogP contribution >= 0.6 is 11.8 Å². The fraction of sp³-hybridized carbons (Fsp3) is 0.333. The molecule has 0 spiro atoms. The van der Waals surface area contributed by atoms with E-state index in [9.17, 15) is 4.79 Å². The molecular weight excluding hydrogens is 424 g/mol. The Morgan fingerprint density at radius 1 is 1.06 bits per heavy atom. The first-order valence-electron chi connectivity index (χ1n) is 10.7. The summed E-state index contributed by atoms with van der Waals surface area (Å²) in [4.78, 5) is 22.3. The lowest BCUT2D eigenvalue weighted by Crippen LogP contribution is -2.24. The summed E-state index contributed by atoms with van der Waals surface area (Å²) in [7, 11) is 0. The number of para-hydroxylation sites is 1. The molecular formula is C24H26N4O3S. The zero-order valence-corrected chi connectivity index (χ0v) is 19.0. The first-order valence-corrected chi connectivity index (χ1v) is 11.7. The largest absolute Gasteiger partial charge is 0.379 e. The van der Waals surface area contributed by atoms with Crippen molar-refractivity contribution >= 4 is 22.7 Å². The van der Waals surface area contributed by atoms with Crippen LogP contribution in [-0.2, 0) is 23.5 Å². The molecule has 7 nitrogen and oxygen atoms in total. The summed E-state index contributed by atoms with van der Waals surface area (Å²) in [5.41, 5.74) is 1.77. The third kappa shape index (κ3) is 5.63. The van der Waals surface area contributed by atoms with E-state index in [0.717, 1.165) is 12.0 Å². The van der Waals surface area contributed by atoms with Gasteiger partial charge in [0.15, 0.2) is 11.0 Å². The van der Waals surface area contributed by atoms with Crippen LogP contribution in [0.4, 0.5) is 0 Å². The Hall–Kier alpha value is -2.97. The molecule has 4 aromatic rings. The van der Waals surface area contributed by atoms with Gasteiger partial charge in [0.25, 0.3) is 5.56 Å². The molecule has 0 atom stereocenters. The van der Waals surface area contributed by atoms with Crippen molar-refractivity contribution in [3.05, 3.63) is 82.2 Å². The highest BCUT2D eigenvalue weighted by Gasteiger charge is 2.14. The van der Waals surface area contributed by atoms with Gasteiger partial charge in [0.2, 0.25) is 5.89 Å². The maximum absolute atomic E-state index is 13.1. The van der Waals surface area contributed by atoms with Gasteiger partial charge in [0.05, 0.1) is 22.8 Å². The number of rotatable bonds is 10. The van der Waals surface area contributed by atoms with Gasteiger partial charge < -0.3 is 9.26 Å². The molecule has 0 aliphatic carbocycles. The van der Waals surface area contributed by atoms with Crippen LogP contribution in [0.5, 0.6) is 0 Å². The number of nitrogens with zero attached hydrogens (tertiary/aromatic N) is 4. The van der Waals surface area contributed by atoms with Gasteiger partial charge in [-0.15, -0.1) is 0 Å². The molecule has 0 bridgehead atoms. The molecule has 2 heterocycles. The topological polar surface area (TPSA) is 83.0 Å². The van der Waals surface area contributed by atoms with E-state index in [4.69, 9.17) is 14.2 Å². The van der Waals surface area contributed by atoms with Crippen LogP contribution in [0.15, 0.2) is 69.1 Å². The first-order chi connectivity index (χ1) is 15.6. The third-order valence-electron chi connectivity index (χ3n) is 4.84. The van der Waals surface area contributed by atoms with Crippen molar-refractivity contribution in [1.29, 1.82) is 0 Å². The van der Waals surface area contributed by atoms with E-state index in [1.54, 1.807) is 4.57 Å². The number of fused-ring (bicyclic) bond motifs is 1. The normalized spacial score (nSPS) is 11.5. The first kappa shape index (κ1) is 22.2. The lowest BCUT2D eigenvalue weighted by atomic mass is 10.1. The Labute approximate surface area is 190 Å². The van der Waals surface area contributed by atoms with Crippen molar-refractivity contribution in [3.8, 4) is 0 Å². The summed E-state index contributed by atoms with van der Waals surface area (Å²) in [5, 5.41) is 5.34. The zero-order chi connectivity index (χ0) is 22.3. The second-order valence-electron chi connectivity index (χ2n) is 7.70. The summed E-state index contributed by atoms with van der Waals surface area (Å²) >= 11 is 1.43. The monoisotopic (exact) mass is 450 g/mol. The highest BCUT2D eigenvalue weighted by atomic mass is 32.2. The van der Waals surface area contributed by atoms with Gasteiger partial charge >= 0.3 is 0 Å². The number of hydrogen-bond donors (Lipinski definition) is 0. The van der Waals surface area contributed by atoms with E-state index < -0.39 is 0 Å². The minimum Gasteiger partial charge on any atom is -0.379 e. The zero-order valence-electron chi connectivity index (χ0n) is 18.2. The van der Waals surface area contributed by atoms with E-state index in [0.29, 0.717) is 53.1 Å². The molecule has 2 aromatic heterocycles. The van der Waals surface area contributed by atoms with Crippen molar-refractivity contribution in [1.82, 2.24) is 19.7 Å². The Morgan fingerprint density at radius 3 is 2.66 bits per heavy atom. The predicted molar refractivity (Wildman–Crippen MR) is 125 cm³/mol. The van der Waals surface area contributed by atoms with Crippen molar-refractivity contribution in [2.75, 3.05) is 6.61 Å². The average Bonchev–Trinajstić information content (AvgIpc) is 3.24. The van der Waals surface area contributed by atoms with Crippen molar-refractivity contribution < 1.29 is 9.26 Å². The van der Waals surface area contributed by atoms with Crippen molar-refractivity contribution in [2.45, 2.75) is 50.2 Å². The van der Waals surface area contributed by atoms with E-state index in [2.05, 4.69) is 10.1 Å². The molecule has 0 amide bonds. The van der Waals surface area contributed by atoms with Crippen molar-refractivity contribution in [2.24, 2.45) is 0 Å². The Morgan fingerprint density at radius 2 is 1.84 bits per heavy atom. The maximum Gasteiger partial charge on any atom is 0.262 e. The standard InChI is InChI=1S/C24H26N4O3S/c1-17(2)30-14-8-13-28-23(29)19-11-6-7-12-20(19)25-24(28)32-16-22-26-21(27-31-22)15-18-9-4-3-5-10-18/h3-7,9-12,17H,8,13-16H2,1-2H3. The molecule has 0 unspecified atom stereocenters. The van der Waals surface area contributed by atoms with Gasteiger partial charge in [0, 0.05) is 19.6 Å². The summed E-state index contributed by atoms with van der Waals surface area (Å²) in [6.07, 6.45) is 1.51. The number of thioether (sulfide) groups is 1. The Balaban J connectivity index is 1.50. The SMILES string of the molecule is CC(C)OCCCn1c(SCc2nc(Cc3ccccc3)no2)nc2ccccc2c1=O. The predicted octanol–water partition coefficient (Wildman–Crippen LogP) is 4.48. The van der Waals surface area contributed by atoms with Crippen LogP contribution in [-0.4, -0.2) is 32.4 Å². The second kappa shape index (κ2) is 10.6. The highest BCUT2D eigenvalue weighted by Crippen LogP contribution is 2.22. The fourth-order valence-electron chi connectivity index (χ4n) is 3.32. The van der Waals surface area contributed by atoms with Gasteiger partial charge in [-0.05, 0) is 38.0 Å². The van der Waals surface area contributed by atoms with Crippen molar-refractivity contribution in [3.63, 3.8) is 0 Å². The molecule has 0 N–H and O–H groups in total. The minimum atomic E-state index is -0.0436. The summed E-state index contributed by atoms with van der Waals surface area (Å²) in [6.45, 7) is 5.13. The van der Waals surface area contributed by atoms with Crippen LogP contribution in [0, 0.1) is 0 Å². The summed E-state index contributed by atoms with van der Waals surface area (Å²) < 4.78 is 12.8. The molecule has 0 aliphatic rings. The molecule has 0 saturated heterocycles. The second-order valence-corrected chi connectivity index (χ2v) is 8.64. The lowest BCUT2D eigenvalue weighted by Gasteiger charge is -2.13. The van der Waals surface area contributed by atoms with Crippen LogP contribution in [0.25, 0.3) is 10.9 Å². The third-order valence-corrected chi connectivity index (χ3v) is 5.80. The number of aromatic nitrogens is 4. The summed E-state index contributed by atoms with van der Waals surface area (Å²) in [5.74, 6) is 1.59. The fourth-order valence-corrected chi connectivity index (χ4v) is 4.18.